The molecule has 0 aromatic carbocycles. The van der Waals surface area contributed by atoms with E-state index in [1.807, 2.05) is 0 Å². The zero-order valence-corrected chi connectivity index (χ0v) is 33.6. The maximum absolute atomic E-state index is 12.5. The minimum atomic E-state index is -0.767. The van der Waals surface area contributed by atoms with E-state index in [9.17, 15) is 14.4 Å². The van der Waals surface area contributed by atoms with E-state index >= 15 is 0 Å². The molecular formula is C45H80O6. The first-order chi connectivity index (χ1) is 25.0. The lowest BCUT2D eigenvalue weighted by Crippen LogP contribution is -2.30. The Balaban J connectivity index is 4.20. The number of rotatable bonds is 38. The summed E-state index contributed by atoms with van der Waals surface area (Å²) in [5.41, 5.74) is 0. The van der Waals surface area contributed by atoms with Crippen molar-refractivity contribution in [1.82, 2.24) is 0 Å². The molecule has 0 aliphatic carbocycles. The third-order valence-electron chi connectivity index (χ3n) is 9.15. The average Bonchev–Trinajstić information content (AvgIpc) is 3.12. The van der Waals surface area contributed by atoms with Crippen LogP contribution in [0.25, 0.3) is 0 Å². The molecule has 0 radical (unpaired) electrons. The highest BCUT2D eigenvalue weighted by molar-refractivity contribution is 5.71. The van der Waals surface area contributed by atoms with Crippen LogP contribution in [0.4, 0.5) is 0 Å². The van der Waals surface area contributed by atoms with Gasteiger partial charge in [0.25, 0.3) is 0 Å². The van der Waals surface area contributed by atoms with E-state index in [-0.39, 0.29) is 31.1 Å². The Bertz CT molecular complexity index is 876. The van der Waals surface area contributed by atoms with E-state index in [1.54, 1.807) is 0 Å². The van der Waals surface area contributed by atoms with Crippen LogP contribution in [0.1, 0.15) is 213 Å². The van der Waals surface area contributed by atoms with E-state index in [1.165, 1.54) is 96.3 Å². The number of unbranched alkanes of at least 4 members (excludes halogenated alkanes) is 21. The van der Waals surface area contributed by atoms with E-state index in [0.717, 1.165) is 77.0 Å². The lowest BCUT2D eigenvalue weighted by molar-refractivity contribution is -0.167. The van der Waals surface area contributed by atoms with Gasteiger partial charge in [0.1, 0.15) is 13.2 Å². The molecule has 51 heavy (non-hydrogen) atoms. The number of hydrogen-bond acceptors (Lipinski definition) is 6. The van der Waals surface area contributed by atoms with Gasteiger partial charge in [0.2, 0.25) is 0 Å². The molecule has 0 aliphatic rings. The standard InChI is InChI=1S/C45H80O6/c1-4-7-10-13-16-17-18-19-20-21-22-23-24-25-26-27-30-32-35-38-44(47)50-41-42(51-45(48)39-36-33-29-15-12-9-6-3)40-49-43(46)37-34-31-28-14-11-8-5-2/h16-17,19-20,22-23,42H,4-15,18,21,24-41H2,1-3H3/b17-16-,20-19-,23-22-. The van der Waals surface area contributed by atoms with Crippen LogP contribution in [-0.4, -0.2) is 37.2 Å². The van der Waals surface area contributed by atoms with Crippen LogP contribution in [0.2, 0.25) is 0 Å². The van der Waals surface area contributed by atoms with E-state index in [2.05, 4.69) is 57.2 Å². The Morgan fingerprint density at radius 3 is 1.14 bits per heavy atom. The molecule has 6 heteroatoms. The van der Waals surface area contributed by atoms with Gasteiger partial charge < -0.3 is 14.2 Å². The van der Waals surface area contributed by atoms with Gasteiger partial charge in [-0.1, -0.05) is 173 Å². The summed E-state index contributed by atoms with van der Waals surface area (Å²) in [5.74, 6) is -0.903. The summed E-state index contributed by atoms with van der Waals surface area (Å²) >= 11 is 0. The van der Waals surface area contributed by atoms with Crippen molar-refractivity contribution < 1.29 is 28.6 Å². The van der Waals surface area contributed by atoms with Crippen LogP contribution in [0.5, 0.6) is 0 Å². The summed E-state index contributed by atoms with van der Waals surface area (Å²) in [6, 6.07) is 0. The van der Waals surface area contributed by atoms with Crippen LogP contribution in [0.3, 0.4) is 0 Å². The Kier molecular flexibility index (Phi) is 38.5. The third-order valence-corrected chi connectivity index (χ3v) is 9.15. The van der Waals surface area contributed by atoms with Crippen molar-refractivity contribution in [1.29, 1.82) is 0 Å². The van der Waals surface area contributed by atoms with Gasteiger partial charge in [-0.3, -0.25) is 14.4 Å². The minimum absolute atomic E-state index is 0.0753. The number of carbonyl (C=O) groups is 3. The summed E-state index contributed by atoms with van der Waals surface area (Å²) < 4.78 is 16.5. The molecule has 0 aliphatic heterocycles. The summed E-state index contributed by atoms with van der Waals surface area (Å²) in [6.45, 7) is 6.50. The van der Waals surface area contributed by atoms with Crippen molar-refractivity contribution in [2.75, 3.05) is 13.2 Å². The van der Waals surface area contributed by atoms with Gasteiger partial charge in [-0.25, -0.2) is 0 Å². The molecule has 0 amide bonds. The second-order valence-electron chi connectivity index (χ2n) is 14.3. The molecule has 1 unspecified atom stereocenters. The molecule has 0 aromatic rings. The molecule has 1 atom stereocenters. The van der Waals surface area contributed by atoms with Gasteiger partial charge >= 0.3 is 17.9 Å². The monoisotopic (exact) mass is 717 g/mol. The highest BCUT2D eigenvalue weighted by atomic mass is 16.6. The predicted molar refractivity (Wildman–Crippen MR) is 215 cm³/mol. The second kappa shape index (κ2) is 40.4. The molecule has 0 rings (SSSR count). The van der Waals surface area contributed by atoms with Gasteiger partial charge in [-0.05, 0) is 57.8 Å². The fraction of sp³-hybridized carbons (Fsp3) is 0.800. The van der Waals surface area contributed by atoms with Crippen LogP contribution in [0.15, 0.2) is 36.5 Å². The van der Waals surface area contributed by atoms with Gasteiger partial charge in [0.15, 0.2) is 6.10 Å². The van der Waals surface area contributed by atoms with E-state index in [0.29, 0.717) is 19.3 Å². The number of ether oxygens (including phenoxy) is 3. The van der Waals surface area contributed by atoms with Gasteiger partial charge in [-0.2, -0.15) is 0 Å². The lowest BCUT2D eigenvalue weighted by atomic mass is 10.1. The highest BCUT2D eigenvalue weighted by Gasteiger charge is 2.19. The quantitative estimate of drug-likeness (QED) is 0.0274. The lowest BCUT2D eigenvalue weighted by Gasteiger charge is -2.18. The van der Waals surface area contributed by atoms with Gasteiger partial charge in [0.05, 0.1) is 0 Å². The topological polar surface area (TPSA) is 78.9 Å². The van der Waals surface area contributed by atoms with Crippen molar-refractivity contribution in [3.63, 3.8) is 0 Å². The van der Waals surface area contributed by atoms with E-state index < -0.39 is 6.10 Å². The van der Waals surface area contributed by atoms with Crippen molar-refractivity contribution in [3.8, 4) is 0 Å². The Morgan fingerprint density at radius 2 is 0.706 bits per heavy atom. The van der Waals surface area contributed by atoms with Crippen molar-refractivity contribution >= 4 is 17.9 Å². The first-order valence-corrected chi connectivity index (χ1v) is 21.5. The summed E-state index contributed by atoms with van der Waals surface area (Å²) in [4.78, 5) is 37.3. The van der Waals surface area contributed by atoms with Gasteiger partial charge in [-0.15, -0.1) is 0 Å². The fourth-order valence-electron chi connectivity index (χ4n) is 5.86. The summed E-state index contributed by atoms with van der Waals surface area (Å²) in [6.07, 6.45) is 44.3. The van der Waals surface area contributed by atoms with Crippen molar-refractivity contribution in [2.24, 2.45) is 0 Å². The fourth-order valence-corrected chi connectivity index (χ4v) is 5.86. The first kappa shape index (κ1) is 48.6. The SMILES string of the molecule is CCCCC/C=C\C/C=C\C/C=C\CCCCCCCCC(=O)OCC(COC(=O)CCCCCCCCC)OC(=O)CCCCCCCCC. The molecule has 0 N–H and O–H groups in total. The smallest absolute Gasteiger partial charge is 0.306 e. The maximum Gasteiger partial charge on any atom is 0.306 e. The Hall–Kier alpha value is -2.37. The van der Waals surface area contributed by atoms with Crippen LogP contribution < -0.4 is 0 Å². The second-order valence-corrected chi connectivity index (χ2v) is 14.3. The number of allylic oxidation sites excluding steroid dienone is 6. The minimum Gasteiger partial charge on any atom is -0.462 e. The molecule has 0 heterocycles. The maximum atomic E-state index is 12.5. The van der Waals surface area contributed by atoms with E-state index in [4.69, 9.17) is 14.2 Å². The average molecular weight is 717 g/mol. The zero-order valence-electron chi connectivity index (χ0n) is 33.6. The first-order valence-electron chi connectivity index (χ1n) is 21.5. The van der Waals surface area contributed by atoms with Crippen LogP contribution in [-0.2, 0) is 28.6 Å². The molecule has 296 valence electrons. The summed E-state index contributed by atoms with van der Waals surface area (Å²) in [7, 11) is 0. The molecule has 0 fully saturated rings. The molecule has 0 saturated carbocycles. The van der Waals surface area contributed by atoms with Gasteiger partial charge in [0, 0.05) is 19.3 Å². The van der Waals surface area contributed by atoms with Crippen LogP contribution in [0, 0.1) is 0 Å². The van der Waals surface area contributed by atoms with Crippen molar-refractivity contribution in [2.45, 2.75) is 219 Å². The summed E-state index contributed by atoms with van der Waals surface area (Å²) in [5, 5.41) is 0. The Labute approximate surface area is 315 Å². The predicted octanol–water partition coefficient (Wildman–Crippen LogP) is 13.4. The highest BCUT2D eigenvalue weighted by Crippen LogP contribution is 2.13. The number of hydrogen-bond donors (Lipinski definition) is 0. The largest absolute Gasteiger partial charge is 0.462 e. The normalized spacial score (nSPS) is 12.3. The number of esters is 3. The zero-order chi connectivity index (χ0) is 37.3. The molecular weight excluding hydrogens is 636 g/mol. The Morgan fingerprint density at radius 1 is 0.392 bits per heavy atom. The molecule has 0 bridgehead atoms. The van der Waals surface area contributed by atoms with Crippen molar-refractivity contribution in [3.05, 3.63) is 36.5 Å². The molecule has 0 saturated heterocycles. The number of carbonyl (C=O) groups excluding carboxylic acids is 3. The molecule has 0 spiro atoms. The molecule has 0 aromatic heterocycles. The molecule has 6 nitrogen and oxygen atoms in total. The van der Waals surface area contributed by atoms with Crippen LogP contribution >= 0.6 is 0 Å². The third kappa shape index (κ3) is 38.7.